The Balaban J connectivity index is 1.43. The van der Waals surface area contributed by atoms with Crippen LogP contribution >= 0.6 is 0 Å². The monoisotopic (exact) mass is 301 g/mol. The van der Waals surface area contributed by atoms with Crippen LogP contribution in [0.1, 0.15) is 25.0 Å². The van der Waals surface area contributed by atoms with Crippen LogP contribution in [-0.2, 0) is 16.1 Å². The predicted molar refractivity (Wildman–Crippen MR) is 75.2 cm³/mol. The van der Waals surface area contributed by atoms with Gasteiger partial charge in [-0.1, -0.05) is 11.6 Å². The molecule has 0 saturated heterocycles. The molecule has 2 aliphatic rings. The lowest BCUT2D eigenvalue weighted by Crippen LogP contribution is -2.23. The van der Waals surface area contributed by atoms with Crippen molar-refractivity contribution >= 4 is 5.97 Å². The highest BCUT2D eigenvalue weighted by molar-refractivity contribution is 5.73. The molecule has 6 nitrogen and oxygen atoms in total. The second-order valence-corrected chi connectivity index (χ2v) is 5.49. The van der Waals surface area contributed by atoms with Gasteiger partial charge in [0.05, 0.1) is 5.92 Å². The van der Waals surface area contributed by atoms with E-state index in [1.807, 2.05) is 18.2 Å². The van der Waals surface area contributed by atoms with Crippen molar-refractivity contribution in [1.82, 2.24) is 5.16 Å². The van der Waals surface area contributed by atoms with Crippen molar-refractivity contribution in [3.05, 3.63) is 30.0 Å². The van der Waals surface area contributed by atoms with Gasteiger partial charge in [0.2, 0.25) is 6.79 Å². The van der Waals surface area contributed by atoms with Crippen LogP contribution in [0.4, 0.5) is 0 Å². The molecule has 0 N–H and O–H groups in total. The maximum atomic E-state index is 11.7. The maximum absolute atomic E-state index is 11.7. The molecule has 0 bridgehead atoms. The summed E-state index contributed by atoms with van der Waals surface area (Å²) in [5.41, 5.74) is 1.44. The van der Waals surface area contributed by atoms with Crippen molar-refractivity contribution in [3.8, 4) is 22.8 Å². The van der Waals surface area contributed by atoms with Gasteiger partial charge in [-0.2, -0.15) is 0 Å². The summed E-state index contributed by atoms with van der Waals surface area (Å²) < 4.78 is 21.2. The lowest BCUT2D eigenvalue weighted by Gasteiger charge is -2.22. The van der Waals surface area contributed by atoms with Crippen LogP contribution in [0.5, 0.6) is 11.5 Å². The average molecular weight is 301 g/mol. The molecular weight excluding hydrogens is 286 g/mol. The highest BCUT2D eigenvalue weighted by atomic mass is 16.7. The van der Waals surface area contributed by atoms with Crippen LogP contribution in [0.25, 0.3) is 11.3 Å². The summed E-state index contributed by atoms with van der Waals surface area (Å²) in [6.07, 6.45) is 2.97. The molecule has 1 aromatic carbocycles. The predicted octanol–water partition coefficient (Wildman–Crippen LogP) is 2.91. The number of ether oxygens (including phenoxy) is 3. The van der Waals surface area contributed by atoms with Gasteiger partial charge in [0, 0.05) is 11.6 Å². The third kappa shape index (κ3) is 2.41. The number of hydrogen-bond acceptors (Lipinski definition) is 6. The smallest absolute Gasteiger partial charge is 0.309 e. The topological polar surface area (TPSA) is 70.8 Å². The summed E-state index contributed by atoms with van der Waals surface area (Å²) in [7, 11) is 0. The van der Waals surface area contributed by atoms with E-state index in [1.165, 1.54) is 0 Å². The first-order chi connectivity index (χ1) is 10.8. The standard InChI is InChI=1S/C16H15NO5/c18-16(10-2-1-3-10)19-8-12-7-14(22-17-12)11-4-5-13-15(6-11)21-9-20-13/h4-7,10H,1-3,8-9H2. The third-order valence-corrected chi connectivity index (χ3v) is 4.02. The van der Waals surface area contributed by atoms with Crippen LogP contribution in [0, 0.1) is 5.92 Å². The molecule has 4 rings (SSSR count). The Morgan fingerprint density at radius 2 is 2.09 bits per heavy atom. The third-order valence-electron chi connectivity index (χ3n) is 4.02. The average Bonchev–Trinajstić information content (AvgIpc) is 3.11. The fourth-order valence-corrected chi connectivity index (χ4v) is 2.47. The Bertz CT molecular complexity index is 704. The van der Waals surface area contributed by atoms with Gasteiger partial charge >= 0.3 is 5.97 Å². The number of aromatic nitrogens is 1. The number of carbonyl (C=O) groups excluding carboxylic acids is 1. The van der Waals surface area contributed by atoms with Crippen molar-refractivity contribution in [2.24, 2.45) is 5.92 Å². The van der Waals surface area contributed by atoms with Gasteiger partial charge in [0.25, 0.3) is 0 Å². The summed E-state index contributed by atoms with van der Waals surface area (Å²) >= 11 is 0. The summed E-state index contributed by atoms with van der Waals surface area (Å²) in [6.45, 7) is 0.376. The Morgan fingerprint density at radius 1 is 1.23 bits per heavy atom. The second kappa shape index (κ2) is 5.36. The van der Waals surface area contributed by atoms with Crippen LogP contribution in [0.2, 0.25) is 0 Å². The number of esters is 1. The SMILES string of the molecule is O=C(OCc1cc(-c2ccc3c(c2)OCO3)on1)C1CCC1. The molecule has 0 radical (unpaired) electrons. The molecule has 1 saturated carbocycles. The molecule has 0 unspecified atom stereocenters. The van der Waals surface area contributed by atoms with Gasteiger partial charge < -0.3 is 18.7 Å². The molecule has 6 heteroatoms. The molecule has 2 heterocycles. The first kappa shape index (κ1) is 13.2. The van der Waals surface area contributed by atoms with Gasteiger partial charge in [0.1, 0.15) is 12.3 Å². The lowest BCUT2D eigenvalue weighted by molar-refractivity contribution is -0.152. The highest BCUT2D eigenvalue weighted by Crippen LogP contribution is 2.36. The minimum atomic E-state index is -0.140. The zero-order valence-electron chi connectivity index (χ0n) is 11.9. The summed E-state index contributed by atoms with van der Waals surface area (Å²) in [5, 5.41) is 3.94. The zero-order valence-corrected chi connectivity index (χ0v) is 11.9. The van der Waals surface area contributed by atoms with E-state index in [1.54, 1.807) is 6.07 Å². The molecule has 1 fully saturated rings. The quantitative estimate of drug-likeness (QED) is 0.809. The number of rotatable bonds is 4. The molecule has 1 aliphatic carbocycles. The highest BCUT2D eigenvalue weighted by Gasteiger charge is 2.26. The van der Waals surface area contributed by atoms with Crippen molar-refractivity contribution < 1.29 is 23.5 Å². The number of carbonyl (C=O) groups is 1. The van der Waals surface area contributed by atoms with Crippen LogP contribution in [0.15, 0.2) is 28.8 Å². The second-order valence-electron chi connectivity index (χ2n) is 5.49. The van der Waals surface area contributed by atoms with Gasteiger partial charge in [0.15, 0.2) is 17.3 Å². The molecule has 2 aromatic rings. The zero-order chi connectivity index (χ0) is 14.9. The van der Waals surface area contributed by atoms with Crippen molar-refractivity contribution in [3.63, 3.8) is 0 Å². The number of fused-ring (bicyclic) bond motifs is 1. The van der Waals surface area contributed by atoms with Crippen molar-refractivity contribution in [2.75, 3.05) is 6.79 Å². The maximum Gasteiger partial charge on any atom is 0.309 e. The molecule has 1 aromatic heterocycles. The first-order valence-corrected chi connectivity index (χ1v) is 7.32. The fraction of sp³-hybridized carbons (Fsp3) is 0.375. The van der Waals surface area contributed by atoms with Gasteiger partial charge in [-0.05, 0) is 31.0 Å². The molecule has 0 amide bonds. The van der Waals surface area contributed by atoms with Crippen LogP contribution in [0.3, 0.4) is 0 Å². The van der Waals surface area contributed by atoms with Crippen LogP contribution < -0.4 is 9.47 Å². The Hall–Kier alpha value is -2.50. The van der Waals surface area contributed by atoms with E-state index in [-0.39, 0.29) is 25.3 Å². The summed E-state index contributed by atoms with van der Waals surface area (Å²) in [6, 6.07) is 7.31. The van der Waals surface area contributed by atoms with Gasteiger partial charge in [-0.25, -0.2) is 0 Å². The minimum Gasteiger partial charge on any atom is -0.459 e. The molecular formula is C16H15NO5. The fourth-order valence-electron chi connectivity index (χ4n) is 2.47. The Labute approximate surface area is 126 Å². The van der Waals surface area contributed by atoms with E-state index in [0.29, 0.717) is 17.2 Å². The Morgan fingerprint density at radius 3 is 2.91 bits per heavy atom. The number of hydrogen-bond donors (Lipinski definition) is 0. The van der Waals surface area contributed by atoms with Crippen LogP contribution in [-0.4, -0.2) is 17.9 Å². The summed E-state index contributed by atoms with van der Waals surface area (Å²) in [5.74, 6) is 1.94. The number of nitrogens with zero attached hydrogens (tertiary/aromatic N) is 1. The molecule has 0 atom stereocenters. The normalized spacial score (nSPS) is 16.4. The van der Waals surface area contributed by atoms with Gasteiger partial charge in [-0.15, -0.1) is 0 Å². The van der Waals surface area contributed by atoms with Crippen molar-refractivity contribution in [1.29, 1.82) is 0 Å². The lowest BCUT2D eigenvalue weighted by atomic mass is 9.86. The van der Waals surface area contributed by atoms with E-state index in [2.05, 4.69) is 5.16 Å². The number of benzene rings is 1. The van der Waals surface area contributed by atoms with Gasteiger partial charge in [-0.3, -0.25) is 4.79 Å². The van der Waals surface area contributed by atoms with E-state index in [9.17, 15) is 4.79 Å². The van der Waals surface area contributed by atoms with E-state index < -0.39 is 0 Å². The molecule has 114 valence electrons. The van der Waals surface area contributed by atoms with E-state index >= 15 is 0 Å². The van der Waals surface area contributed by atoms with Crippen molar-refractivity contribution in [2.45, 2.75) is 25.9 Å². The van der Waals surface area contributed by atoms with E-state index in [0.717, 1.165) is 30.6 Å². The Kier molecular flexibility index (Phi) is 3.21. The summed E-state index contributed by atoms with van der Waals surface area (Å²) in [4.78, 5) is 11.7. The molecule has 22 heavy (non-hydrogen) atoms. The minimum absolute atomic E-state index is 0.0697. The first-order valence-electron chi connectivity index (χ1n) is 7.32. The molecule has 1 aliphatic heterocycles. The molecule has 0 spiro atoms. The van der Waals surface area contributed by atoms with E-state index in [4.69, 9.17) is 18.7 Å². The largest absolute Gasteiger partial charge is 0.459 e.